The van der Waals surface area contributed by atoms with Crippen molar-refractivity contribution in [2.24, 2.45) is 7.05 Å². The predicted molar refractivity (Wildman–Crippen MR) is 65.7 cm³/mol. The number of aryl methyl sites for hydroxylation is 1. The number of carbonyl (C=O) groups is 1. The van der Waals surface area contributed by atoms with Crippen molar-refractivity contribution < 1.29 is 9.53 Å². The Labute approximate surface area is 107 Å². The van der Waals surface area contributed by atoms with Crippen molar-refractivity contribution in [1.82, 2.24) is 14.5 Å². The largest absolute Gasteiger partial charge is 0.462 e. The molecule has 2 aromatic heterocycles. The Morgan fingerprint density at radius 3 is 2.94 bits per heavy atom. The van der Waals surface area contributed by atoms with Gasteiger partial charge in [0.2, 0.25) is 10.7 Å². The van der Waals surface area contributed by atoms with E-state index >= 15 is 0 Å². The van der Waals surface area contributed by atoms with Crippen molar-refractivity contribution in [3.8, 4) is 0 Å². The highest BCUT2D eigenvalue weighted by Gasteiger charge is 2.16. The number of hydrogen-bond donors (Lipinski definition) is 0. The van der Waals surface area contributed by atoms with Crippen LogP contribution in [0.5, 0.6) is 0 Å². The number of fused-ring (bicyclic) bond motifs is 1. The molecule has 2 heterocycles. The van der Waals surface area contributed by atoms with Crippen molar-refractivity contribution in [3.63, 3.8) is 0 Å². The lowest BCUT2D eigenvalue weighted by Crippen LogP contribution is -2.20. The van der Waals surface area contributed by atoms with Crippen molar-refractivity contribution in [2.75, 3.05) is 6.61 Å². The average molecular weight is 268 g/mol. The van der Waals surface area contributed by atoms with Crippen LogP contribution in [0.25, 0.3) is 11.0 Å². The summed E-state index contributed by atoms with van der Waals surface area (Å²) in [6, 6.07) is 0. The molecule has 0 N–H and O–H groups in total. The number of ether oxygens (including phenoxy) is 1. The maximum Gasteiger partial charge on any atom is 0.343 e. The molecular formula is C11H10ClN3O3. The summed E-state index contributed by atoms with van der Waals surface area (Å²) in [6.07, 6.45) is 2.68. The second kappa shape index (κ2) is 4.73. The van der Waals surface area contributed by atoms with Gasteiger partial charge in [-0.25, -0.2) is 9.78 Å². The molecule has 0 spiro atoms. The molecule has 7 heteroatoms. The average Bonchev–Trinajstić information content (AvgIpc) is 2.34. The van der Waals surface area contributed by atoms with Gasteiger partial charge in [0.1, 0.15) is 11.2 Å². The fourth-order valence-corrected chi connectivity index (χ4v) is 1.72. The number of hydrogen-bond acceptors (Lipinski definition) is 5. The summed E-state index contributed by atoms with van der Waals surface area (Å²) in [5.74, 6) is -0.657. The van der Waals surface area contributed by atoms with Gasteiger partial charge in [-0.3, -0.25) is 4.79 Å². The van der Waals surface area contributed by atoms with Crippen molar-refractivity contribution in [2.45, 2.75) is 6.92 Å². The van der Waals surface area contributed by atoms with Gasteiger partial charge in [0.15, 0.2) is 0 Å². The van der Waals surface area contributed by atoms with Crippen LogP contribution >= 0.6 is 11.6 Å². The van der Waals surface area contributed by atoms with E-state index in [-0.39, 0.29) is 22.8 Å². The fraction of sp³-hybridized carbons (Fsp3) is 0.273. The van der Waals surface area contributed by atoms with Crippen molar-refractivity contribution >= 4 is 28.6 Å². The van der Waals surface area contributed by atoms with Crippen LogP contribution in [0.4, 0.5) is 0 Å². The Bertz CT molecular complexity index is 681. The molecule has 0 atom stereocenters. The Kier molecular flexibility index (Phi) is 3.29. The Morgan fingerprint density at radius 2 is 2.28 bits per heavy atom. The van der Waals surface area contributed by atoms with Gasteiger partial charge >= 0.3 is 5.97 Å². The number of aromatic nitrogens is 3. The highest BCUT2D eigenvalue weighted by molar-refractivity contribution is 6.28. The van der Waals surface area contributed by atoms with E-state index in [0.29, 0.717) is 5.65 Å². The van der Waals surface area contributed by atoms with Crippen LogP contribution in [0.2, 0.25) is 5.28 Å². The molecule has 2 aromatic rings. The van der Waals surface area contributed by atoms with E-state index in [1.165, 1.54) is 17.0 Å². The Morgan fingerprint density at radius 1 is 1.56 bits per heavy atom. The molecule has 0 saturated heterocycles. The van der Waals surface area contributed by atoms with Crippen LogP contribution < -0.4 is 5.43 Å². The van der Waals surface area contributed by atoms with E-state index in [4.69, 9.17) is 16.3 Å². The monoisotopic (exact) mass is 267 g/mol. The lowest BCUT2D eigenvalue weighted by Gasteiger charge is -2.07. The summed E-state index contributed by atoms with van der Waals surface area (Å²) in [5, 5.41) is 0.272. The molecule has 0 saturated carbocycles. The molecule has 6 nitrogen and oxygen atoms in total. The minimum atomic E-state index is -0.657. The van der Waals surface area contributed by atoms with Crippen molar-refractivity contribution in [1.29, 1.82) is 0 Å². The van der Waals surface area contributed by atoms with Gasteiger partial charge in [0.05, 0.1) is 12.0 Å². The smallest absolute Gasteiger partial charge is 0.343 e. The Hall–Kier alpha value is -1.95. The van der Waals surface area contributed by atoms with Crippen molar-refractivity contribution in [3.05, 3.63) is 33.5 Å². The lowest BCUT2D eigenvalue weighted by atomic mass is 10.2. The molecule has 2 rings (SSSR count). The quantitative estimate of drug-likeness (QED) is 0.603. The molecule has 0 unspecified atom stereocenters. The third-order valence-electron chi connectivity index (χ3n) is 2.38. The number of rotatable bonds is 2. The molecule has 0 aliphatic rings. The summed E-state index contributed by atoms with van der Waals surface area (Å²) >= 11 is 5.67. The number of pyridine rings is 1. The van der Waals surface area contributed by atoms with Crippen LogP contribution in [0.3, 0.4) is 0 Å². The van der Waals surface area contributed by atoms with Gasteiger partial charge < -0.3 is 9.30 Å². The number of halogens is 1. The van der Waals surface area contributed by atoms with E-state index < -0.39 is 11.4 Å². The topological polar surface area (TPSA) is 74.1 Å². The second-order valence-electron chi connectivity index (χ2n) is 3.58. The van der Waals surface area contributed by atoms with Gasteiger partial charge in [-0.05, 0) is 18.5 Å². The van der Waals surface area contributed by atoms with E-state index in [0.717, 1.165) is 0 Å². The third kappa shape index (κ3) is 2.06. The number of carbonyl (C=O) groups excluding carboxylic acids is 1. The van der Waals surface area contributed by atoms with E-state index in [9.17, 15) is 9.59 Å². The summed E-state index contributed by atoms with van der Waals surface area (Å²) in [5.41, 5.74) is -0.135. The van der Waals surface area contributed by atoms with Gasteiger partial charge in [-0.1, -0.05) is 0 Å². The first-order valence-corrected chi connectivity index (χ1v) is 5.61. The maximum atomic E-state index is 12.1. The van der Waals surface area contributed by atoms with Gasteiger partial charge in [0.25, 0.3) is 0 Å². The summed E-state index contributed by atoms with van der Waals surface area (Å²) in [6.45, 7) is 1.88. The molecule has 0 amide bonds. The molecule has 0 aromatic carbocycles. The van der Waals surface area contributed by atoms with Crippen LogP contribution in [-0.2, 0) is 11.8 Å². The highest BCUT2D eigenvalue weighted by Crippen LogP contribution is 2.10. The Balaban J connectivity index is 2.73. The van der Waals surface area contributed by atoms with Crippen LogP contribution in [0.15, 0.2) is 17.2 Å². The molecular weight excluding hydrogens is 258 g/mol. The van der Waals surface area contributed by atoms with E-state index in [1.54, 1.807) is 14.0 Å². The van der Waals surface area contributed by atoms with Gasteiger partial charge in [-0.15, -0.1) is 0 Å². The molecule has 0 radical (unpaired) electrons. The zero-order chi connectivity index (χ0) is 13.3. The standard InChI is InChI=1S/C11H10ClN3O3/c1-3-18-10(17)7-5-15(2)9-6(8(7)16)4-13-11(12)14-9/h4-5H,3H2,1-2H3. The molecule has 94 valence electrons. The normalized spacial score (nSPS) is 10.6. The highest BCUT2D eigenvalue weighted by atomic mass is 35.5. The number of esters is 1. The molecule has 18 heavy (non-hydrogen) atoms. The summed E-state index contributed by atoms with van der Waals surface area (Å²) < 4.78 is 6.36. The zero-order valence-corrected chi connectivity index (χ0v) is 10.6. The molecule has 0 aliphatic carbocycles. The zero-order valence-electron chi connectivity index (χ0n) is 9.81. The summed E-state index contributed by atoms with van der Waals surface area (Å²) in [4.78, 5) is 31.4. The lowest BCUT2D eigenvalue weighted by molar-refractivity contribution is 0.0524. The van der Waals surface area contributed by atoms with Crippen LogP contribution in [0, 0.1) is 0 Å². The first-order chi connectivity index (χ1) is 8.54. The van der Waals surface area contributed by atoms with Gasteiger partial charge in [0, 0.05) is 19.4 Å². The number of nitrogens with zero attached hydrogens (tertiary/aromatic N) is 3. The van der Waals surface area contributed by atoms with Gasteiger partial charge in [-0.2, -0.15) is 4.98 Å². The van der Waals surface area contributed by atoms with Crippen LogP contribution in [0.1, 0.15) is 17.3 Å². The maximum absolute atomic E-state index is 12.1. The third-order valence-corrected chi connectivity index (χ3v) is 2.56. The molecule has 0 bridgehead atoms. The minimum absolute atomic E-state index is 0.0429. The second-order valence-corrected chi connectivity index (χ2v) is 3.92. The first-order valence-electron chi connectivity index (χ1n) is 5.23. The fourth-order valence-electron chi connectivity index (χ4n) is 1.59. The SMILES string of the molecule is CCOC(=O)c1cn(C)c2nc(Cl)ncc2c1=O. The molecule has 0 aliphatic heterocycles. The van der Waals surface area contributed by atoms with Crippen LogP contribution in [-0.4, -0.2) is 27.1 Å². The first kappa shape index (κ1) is 12.5. The summed E-state index contributed by atoms with van der Waals surface area (Å²) in [7, 11) is 1.66. The molecule has 0 fully saturated rings. The predicted octanol–water partition coefficient (Wildman–Crippen LogP) is 1.16. The van der Waals surface area contributed by atoms with E-state index in [2.05, 4.69) is 9.97 Å². The minimum Gasteiger partial charge on any atom is -0.462 e. The van der Waals surface area contributed by atoms with E-state index in [1.807, 2.05) is 0 Å².